The average Bonchev–Trinajstić information content (AvgIpc) is 3.83. The Hall–Kier alpha value is -2.20. The Labute approximate surface area is 297 Å². The number of ether oxygens (including phenoxy) is 1. The average molecular weight is 663 g/mol. The van der Waals surface area contributed by atoms with Crippen LogP contribution >= 0.6 is 0 Å². The van der Waals surface area contributed by atoms with Gasteiger partial charge in [0.05, 0.1) is 6.10 Å². The zero-order chi connectivity index (χ0) is 34.0. The largest absolute Gasteiger partial charge is 0.490 e. The van der Waals surface area contributed by atoms with Gasteiger partial charge < -0.3 is 14.9 Å². The van der Waals surface area contributed by atoms with E-state index in [1.807, 2.05) is 0 Å². The summed E-state index contributed by atoms with van der Waals surface area (Å²) >= 11 is 0. The number of aryl methyl sites for hydroxylation is 1. The molecule has 264 valence electrons. The number of hydrogen-bond donors (Lipinski definition) is 2. The molecule has 1 aromatic carbocycles. The standard InChI is InChI=1S/C25H32O2.C21H30O/c1-3-25(26)15-13-23-22-10-8-17-16-19(27-18-6-4-5-7-18)9-11-20(17)21(22)12-14-24(23,25)2;1-3-20-13-11-17-16-8-6-5-7-15(16)9-10-18(17)19(20)12-14-21(20,22)4-2/h1,9,11,16,18,21-23,26H,4-8,10,12-15H2,2H3;2,7,16-19,22H,3,5-6,8-14H2,1H3/t21-,22-,23+,24+,25+;16-,17+,18+,19-,20-,21-/m10/s1. The minimum absolute atomic E-state index is 0.0127. The number of allylic oxidation sites excluding steroid dienone is 2. The van der Waals surface area contributed by atoms with Crippen LogP contribution < -0.4 is 4.74 Å². The fraction of sp³-hybridized carbons (Fsp3) is 0.739. The maximum atomic E-state index is 11.1. The van der Waals surface area contributed by atoms with Crippen molar-refractivity contribution in [1.82, 2.24) is 0 Å². The molecule has 9 rings (SSSR count). The van der Waals surface area contributed by atoms with Gasteiger partial charge in [-0.2, -0.15) is 0 Å². The zero-order valence-electron chi connectivity index (χ0n) is 30.5. The van der Waals surface area contributed by atoms with Crippen LogP contribution in [0.2, 0.25) is 0 Å². The van der Waals surface area contributed by atoms with E-state index < -0.39 is 11.2 Å². The van der Waals surface area contributed by atoms with Crippen molar-refractivity contribution in [3.63, 3.8) is 0 Å². The minimum atomic E-state index is -0.901. The number of terminal acetylenes is 2. The van der Waals surface area contributed by atoms with Crippen molar-refractivity contribution in [2.24, 2.45) is 46.3 Å². The highest BCUT2D eigenvalue weighted by molar-refractivity contribution is 5.41. The molecule has 2 N–H and O–H groups in total. The Kier molecular flexibility index (Phi) is 8.85. The van der Waals surface area contributed by atoms with Crippen molar-refractivity contribution in [2.75, 3.05) is 0 Å². The molecule has 0 heterocycles. The third kappa shape index (κ3) is 5.22. The summed E-state index contributed by atoms with van der Waals surface area (Å²) in [4.78, 5) is 0. The normalized spacial score (nSPS) is 45.0. The lowest BCUT2D eigenvalue weighted by atomic mass is 9.49. The van der Waals surface area contributed by atoms with Crippen LogP contribution in [0.3, 0.4) is 0 Å². The van der Waals surface area contributed by atoms with Crippen molar-refractivity contribution in [1.29, 1.82) is 0 Å². The molecule has 8 aliphatic rings. The van der Waals surface area contributed by atoms with E-state index in [4.69, 9.17) is 17.6 Å². The number of rotatable bonds is 3. The Bertz CT molecular complexity index is 1520. The first kappa shape index (κ1) is 33.9. The molecule has 3 nitrogen and oxygen atoms in total. The second-order valence-corrected chi connectivity index (χ2v) is 18.2. The van der Waals surface area contributed by atoms with Crippen molar-refractivity contribution in [3.05, 3.63) is 41.0 Å². The van der Waals surface area contributed by atoms with Gasteiger partial charge in [0.1, 0.15) is 17.0 Å². The van der Waals surface area contributed by atoms with Gasteiger partial charge in [-0.1, -0.05) is 43.4 Å². The van der Waals surface area contributed by atoms with E-state index in [2.05, 4.69) is 50.0 Å². The lowest BCUT2D eigenvalue weighted by Crippen LogP contribution is -2.53. The molecule has 3 heteroatoms. The molecule has 6 saturated carbocycles. The Morgan fingerprint density at radius 1 is 0.755 bits per heavy atom. The summed E-state index contributed by atoms with van der Waals surface area (Å²) in [6, 6.07) is 6.88. The summed E-state index contributed by atoms with van der Waals surface area (Å²) in [5.74, 6) is 11.8. The lowest BCUT2D eigenvalue weighted by Gasteiger charge is -2.56. The highest BCUT2D eigenvalue weighted by atomic mass is 16.5. The van der Waals surface area contributed by atoms with Crippen LogP contribution in [0.1, 0.15) is 153 Å². The fourth-order valence-corrected chi connectivity index (χ4v) is 14.2. The van der Waals surface area contributed by atoms with Gasteiger partial charge in [0.2, 0.25) is 0 Å². The Balaban J connectivity index is 0.000000145. The minimum Gasteiger partial charge on any atom is -0.490 e. The van der Waals surface area contributed by atoms with Crippen LogP contribution in [0.25, 0.3) is 0 Å². The number of aliphatic hydroxyl groups is 2. The van der Waals surface area contributed by atoms with Crippen LogP contribution in [-0.2, 0) is 6.42 Å². The predicted molar refractivity (Wildman–Crippen MR) is 198 cm³/mol. The van der Waals surface area contributed by atoms with Crippen molar-refractivity contribution >= 4 is 0 Å². The molecule has 0 radical (unpaired) electrons. The quantitative estimate of drug-likeness (QED) is 0.250. The second-order valence-electron chi connectivity index (χ2n) is 18.2. The number of fused-ring (bicyclic) bond motifs is 10. The van der Waals surface area contributed by atoms with E-state index in [0.29, 0.717) is 29.8 Å². The summed E-state index contributed by atoms with van der Waals surface area (Å²) in [6.45, 7) is 4.52. The molecule has 0 amide bonds. The molecule has 0 unspecified atom stereocenters. The fourth-order valence-electron chi connectivity index (χ4n) is 14.2. The van der Waals surface area contributed by atoms with E-state index in [0.717, 1.165) is 81.3 Å². The monoisotopic (exact) mass is 662 g/mol. The highest BCUT2D eigenvalue weighted by Gasteiger charge is 2.63. The SMILES string of the molecule is C#C[C@]1(O)CC[C@H]2[C@@H]3CCC4=CCCC[C@@H]4[C@H]3CC[C@@]21CC.C#C[C@]1(O)CC[C@H]2[C@@H]3CCc4cc(OC5CCCC5)ccc4[C@H]3CC[C@@]21C. The van der Waals surface area contributed by atoms with E-state index >= 15 is 0 Å². The number of benzene rings is 1. The molecule has 6 fully saturated rings. The van der Waals surface area contributed by atoms with Gasteiger partial charge in [0.15, 0.2) is 0 Å². The molecule has 0 aliphatic heterocycles. The van der Waals surface area contributed by atoms with Crippen molar-refractivity contribution < 1.29 is 14.9 Å². The van der Waals surface area contributed by atoms with Crippen LogP contribution in [0.4, 0.5) is 0 Å². The zero-order valence-corrected chi connectivity index (χ0v) is 30.5. The summed E-state index contributed by atoms with van der Waals surface area (Å²) in [5.41, 5.74) is 3.00. The van der Waals surface area contributed by atoms with Gasteiger partial charge in [-0.15, -0.1) is 12.8 Å². The summed E-state index contributed by atoms with van der Waals surface area (Å²) < 4.78 is 6.25. The molecule has 0 bridgehead atoms. The van der Waals surface area contributed by atoms with Crippen LogP contribution in [-0.4, -0.2) is 27.5 Å². The summed E-state index contributed by atoms with van der Waals surface area (Å²) in [6.07, 6.45) is 38.3. The van der Waals surface area contributed by atoms with Gasteiger partial charge in [0, 0.05) is 10.8 Å². The highest BCUT2D eigenvalue weighted by Crippen LogP contribution is 2.67. The van der Waals surface area contributed by atoms with Crippen LogP contribution in [0.5, 0.6) is 5.75 Å². The summed E-state index contributed by atoms with van der Waals surface area (Å²) in [7, 11) is 0. The second kappa shape index (κ2) is 12.8. The van der Waals surface area contributed by atoms with Gasteiger partial charge >= 0.3 is 0 Å². The van der Waals surface area contributed by atoms with Crippen LogP contribution in [0, 0.1) is 71.0 Å². The third-order valence-electron chi connectivity index (χ3n) is 16.8. The van der Waals surface area contributed by atoms with Crippen molar-refractivity contribution in [2.45, 2.75) is 165 Å². The molecule has 0 spiro atoms. The predicted octanol–water partition coefficient (Wildman–Crippen LogP) is 9.93. The van der Waals surface area contributed by atoms with Gasteiger partial charge in [0.25, 0.3) is 0 Å². The van der Waals surface area contributed by atoms with E-state index in [1.54, 1.807) is 11.1 Å². The molecule has 1 aromatic rings. The molecule has 0 saturated heterocycles. The van der Waals surface area contributed by atoms with E-state index in [-0.39, 0.29) is 10.8 Å². The van der Waals surface area contributed by atoms with Crippen LogP contribution in [0.15, 0.2) is 29.8 Å². The van der Waals surface area contributed by atoms with Gasteiger partial charge in [-0.25, -0.2) is 0 Å². The Morgan fingerprint density at radius 2 is 1.51 bits per heavy atom. The smallest absolute Gasteiger partial charge is 0.131 e. The maximum absolute atomic E-state index is 11.1. The van der Waals surface area contributed by atoms with Gasteiger partial charge in [-0.3, -0.25) is 0 Å². The maximum Gasteiger partial charge on any atom is 0.131 e. The van der Waals surface area contributed by atoms with Crippen molar-refractivity contribution in [3.8, 4) is 30.4 Å². The molecule has 0 aromatic heterocycles. The third-order valence-corrected chi connectivity index (χ3v) is 16.8. The molecule has 11 atom stereocenters. The summed E-state index contributed by atoms with van der Waals surface area (Å²) in [5, 5.41) is 22.2. The van der Waals surface area contributed by atoms with E-state index in [9.17, 15) is 10.2 Å². The van der Waals surface area contributed by atoms with Gasteiger partial charge in [-0.05, 0) is 193 Å². The first-order chi connectivity index (χ1) is 23.7. The lowest BCUT2D eigenvalue weighted by molar-refractivity contribution is -0.0993. The number of hydrogen-bond acceptors (Lipinski definition) is 3. The molecular formula is C46H62O3. The van der Waals surface area contributed by atoms with E-state index in [1.165, 1.54) is 76.2 Å². The first-order valence-corrected chi connectivity index (χ1v) is 20.6. The molecular weight excluding hydrogens is 601 g/mol. The molecule has 8 aliphatic carbocycles. The Morgan fingerprint density at radius 3 is 2.29 bits per heavy atom. The topological polar surface area (TPSA) is 49.7 Å². The first-order valence-electron chi connectivity index (χ1n) is 20.6. The molecule has 49 heavy (non-hydrogen) atoms.